The summed E-state index contributed by atoms with van der Waals surface area (Å²) in [4.78, 5) is 0. The van der Waals surface area contributed by atoms with Gasteiger partial charge in [0.25, 0.3) is 0 Å². The minimum atomic E-state index is 0. The Hall–Kier alpha value is 0.867. The van der Waals surface area contributed by atoms with E-state index in [0.29, 0.717) is 0 Å². The summed E-state index contributed by atoms with van der Waals surface area (Å²) in [6, 6.07) is 0. The van der Waals surface area contributed by atoms with Crippen molar-refractivity contribution in [1.29, 1.82) is 0 Å². The van der Waals surface area contributed by atoms with Crippen LogP contribution in [0.25, 0.3) is 0 Å². The Balaban J connectivity index is -0.0000000450. The van der Waals surface area contributed by atoms with Crippen molar-refractivity contribution in [2.24, 2.45) is 0 Å². The fraction of sp³-hybridized carbons (Fsp3) is 0. The first-order valence-corrected chi connectivity index (χ1v) is 1.82. The second-order valence-corrected chi connectivity index (χ2v) is 1.00. The van der Waals surface area contributed by atoms with E-state index in [1.165, 1.54) is 0 Å². The van der Waals surface area contributed by atoms with Gasteiger partial charge in [-0.1, -0.05) is 0 Å². The van der Waals surface area contributed by atoms with E-state index >= 15 is 0 Å². The van der Waals surface area contributed by atoms with Crippen LogP contribution in [0.4, 0.5) is 0 Å². The van der Waals surface area contributed by atoms with Crippen molar-refractivity contribution >= 4 is 0 Å². The smallest absolute Gasteiger partial charge is 0 e. The molecule has 0 aromatic rings. The van der Waals surface area contributed by atoms with Crippen LogP contribution in [0.1, 0.15) is 0 Å². The molecular weight excluding hydrogens is 274 g/mol. The molecule has 0 fully saturated rings. The summed E-state index contributed by atoms with van der Waals surface area (Å²) in [5.41, 5.74) is 5.72. The summed E-state index contributed by atoms with van der Waals surface area (Å²) in [6.45, 7) is 0. The van der Waals surface area contributed by atoms with Crippen molar-refractivity contribution in [1.82, 2.24) is 0 Å². The number of hydrogen-bond donors (Lipinski definition) is 0. The first-order chi connectivity index (χ1) is 3.00. The molecule has 0 atom stereocenters. The molecule has 0 N–H and O–H groups in total. The number of rotatable bonds is 0. The molecule has 4 heteroatoms. The van der Waals surface area contributed by atoms with E-state index in [1.54, 1.807) is 0 Å². The minimum Gasteiger partial charge on any atom is -1.00 e. The molecule has 0 spiro atoms. The molecule has 1 rings (SSSR count). The maximum atomic E-state index is 2.86. The van der Waals surface area contributed by atoms with Crippen LogP contribution < -0.4 is 24.8 Å². The molecule has 0 nitrogen and oxygen atoms in total. The van der Waals surface area contributed by atoms with E-state index in [-0.39, 0.29) is 63.8 Å². The summed E-state index contributed by atoms with van der Waals surface area (Å²) in [7, 11) is 0. The van der Waals surface area contributed by atoms with Gasteiger partial charge in [-0.15, -0.1) is 11.5 Å². The second-order valence-electron chi connectivity index (χ2n) is 1.00. The summed E-state index contributed by atoms with van der Waals surface area (Å²) >= 11 is 0. The van der Waals surface area contributed by atoms with E-state index < -0.39 is 0 Å². The summed E-state index contributed by atoms with van der Waals surface area (Å²) in [5.74, 6) is 0. The summed E-state index contributed by atoms with van der Waals surface area (Å²) < 4.78 is 0. The van der Waals surface area contributed by atoms with Gasteiger partial charge in [0.05, 0.1) is 0 Å². The standard InChI is InChI=1S/C6H4.2ClH.2Zn/c1-2-4-6-5-3-1;;;;/h1-2,5-6H;2*1H;;/p-2. The van der Waals surface area contributed by atoms with Crippen molar-refractivity contribution in [3.63, 3.8) is 0 Å². The van der Waals surface area contributed by atoms with Crippen LogP contribution in [-0.2, 0) is 39.0 Å². The molecule has 0 aromatic carbocycles. The zero-order valence-corrected chi connectivity index (χ0v) is 12.9. The fourth-order valence-electron chi connectivity index (χ4n) is 0.304. The minimum absolute atomic E-state index is 0. The third-order valence-electron chi connectivity index (χ3n) is 0.552. The normalized spacial score (nSPS) is 8.00. The molecule has 10 heavy (non-hydrogen) atoms. The molecule has 0 aliphatic heterocycles. The summed E-state index contributed by atoms with van der Waals surface area (Å²) in [5, 5.41) is 0. The van der Waals surface area contributed by atoms with E-state index in [4.69, 9.17) is 0 Å². The van der Waals surface area contributed by atoms with Crippen LogP contribution in [0, 0.1) is 0 Å². The molecule has 1 aliphatic rings. The van der Waals surface area contributed by atoms with Crippen molar-refractivity contribution in [2.45, 2.75) is 0 Å². The topological polar surface area (TPSA) is 0 Å². The SMILES string of the molecule is C1=CC=C=CC=1.[Cl-].[Cl-].[Zn].[Zn]. The zero-order chi connectivity index (χ0) is 4.24. The quantitative estimate of drug-likeness (QED) is 0.309. The van der Waals surface area contributed by atoms with Gasteiger partial charge in [0.1, 0.15) is 0 Å². The first kappa shape index (κ1) is 22.4. The van der Waals surface area contributed by atoms with E-state index in [9.17, 15) is 0 Å². The third kappa shape index (κ3) is 11.6. The second kappa shape index (κ2) is 16.5. The monoisotopic (exact) mass is 274 g/mol. The number of allylic oxidation sites excluding steroid dienone is 2. The molecule has 0 amide bonds. The molecule has 48 valence electrons. The van der Waals surface area contributed by atoms with Crippen molar-refractivity contribution < 1.29 is 63.8 Å². The van der Waals surface area contributed by atoms with Gasteiger partial charge in [0.15, 0.2) is 0 Å². The Morgan fingerprint density at radius 3 is 0.900 bits per heavy atom. The van der Waals surface area contributed by atoms with Gasteiger partial charge in [0.2, 0.25) is 0 Å². The van der Waals surface area contributed by atoms with Crippen LogP contribution in [0.2, 0.25) is 0 Å². The first-order valence-electron chi connectivity index (χ1n) is 1.82. The van der Waals surface area contributed by atoms with Gasteiger partial charge in [-0.2, -0.15) is 0 Å². The molecule has 0 unspecified atom stereocenters. The largest absolute Gasteiger partial charge is 1.00 e. The molecule has 0 heterocycles. The fourth-order valence-corrected chi connectivity index (χ4v) is 0.304. The maximum absolute atomic E-state index is 2.86. The molecular formula is C6H4Cl2Zn2-2. The van der Waals surface area contributed by atoms with E-state index in [0.717, 1.165) is 0 Å². The van der Waals surface area contributed by atoms with Crippen LogP contribution >= 0.6 is 0 Å². The Morgan fingerprint density at radius 2 is 0.800 bits per heavy atom. The van der Waals surface area contributed by atoms with E-state index in [2.05, 4.69) is 11.5 Å². The number of halogens is 2. The average molecular weight is 278 g/mol. The molecule has 0 bridgehead atoms. The molecule has 0 radical (unpaired) electrons. The summed E-state index contributed by atoms with van der Waals surface area (Å²) in [6.07, 6.45) is 7.28. The molecule has 0 aromatic heterocycles. The number of hydrogen-bond acceptors (Lipinski definition) is 0. The van der Waals surface area contributed by atoms with Crippen LogP contribution in [-0.4, -0.2) is 0 Å². The predicted octanol–water partition coefficient (Wildman–Crippen LogP) is -4.57. The Kier molecular flexibility index (Phi) is 36.9. The molecule has 1 aliphatic carbocycles. The zero-order valence-electron chi connectivity index (χ0n) is 5.48. The van der Waals surface area contributed by atoms with Gasteiger partial charge in [-0.05, 0) is 24.3 Å². The van der Waals surface area contributed by atoms with Gasteiger partial charge in [-0.3, -0.25) is 0 Å². The van der Waals surface area contributed by atoms with Gasteiger partial charge in [-0.25, -0.2) is 0 Å². The van der Waals surface area contributed by atoms with Crippen LogP contribution in [0.5, 0.6) is 0 Å². The van der Waals surface area contributed by atoms with Crippen molar-refractivity contribution in [2.75, 3.05) is 0 Å². The Bertz CT molecular complexity index is 131. The van der Waals surface area contributed by atoms with Crippen LogP contribution in [0.15, 0.2) is 35.8 Å². The third-order valence-corrected chi connectivity index (χ3v) is 0.552. The van der Waals surface area contributed by atoms with E-state index in [1.807, 2.05) is 24.3 Å². The van der Waals surface area contributed by atoms with Crippen molar-refractivity contribution in [3.8, 4) is 0 Å². The Morgan fingerprint density at radius 1 is 0.600 bits per heavy atom. The Labute approximate surface area is 98.9 Å². The molecule has 0 saturated carbocycles. The van der Waals surface area contributed by atoms with Crippen LogP contribution in [0.3, 0.4) is 0 Å². The predicted molar refractivity (Wildman–Crippen MR) is 25.3 cm³/mol. The van der Waals surface area contributed by atoms with Gasteiger partial charge in [0, 0.05) is 39.0 Å². The van der Waals surface area contributed by atoms with Crippen molar-refractivity contribution in [3.05, 3.63) is 35.8 Å². The molecule has 0 saturated heterocycles. The van der Waals surface area contributed by atoms with Gasteiger partial charge < -0.3 is 24.8 Å². The average Bonchev–Trinajstić information content (AvgIpc) is 1.72. The maximum Gasteiger partial charge on any atom is 0 e. The van der Waals surface area contributed by atoms with Gasteiger partial charge >= 0.3 is 0 Å².